The monoisotopic (exact) mass is 276 g/mol. The minimum Gasteiger partial charge on any atom is -0.380 e. The first-order valence-corrected chi connectivity index (χ1v) is 5.14. The number of nitrogens with zero attached hydrogens (tertiary/aromatic N) is 2. The lowest BCUT2D eigenvalue weighted by Gasteiger charge is -2.12. The molecule has 1 rings (SSSR count). The fourth-order valence-corrected chi connectivity index (χ4v) is 1.44. The van der Waals surface area contributed by atoms with Gasteiger partial charge >= 0.3 is 6.18 Å². The van der Waals surface area contributed by atoms with Gasteiger partial charge in [0.25, 0.3) is 0 Å². The lowest BCUT2D eigenvalue weighted by Crippen LogP contribution is -2.12. The first-order chi connectivity index (χ1) is 8.36. The zero-order valence-corrected chi connectivity index (χ0v) is 10.0. The van der Waals surface area contributed by atoms with Crippen molar-refractivity contribution in [2.75, 3.05) is 6.61 Å². The van der Waals surface area contributed by atoms with E-state index >= 15 is 0 Å². The first-order valence-electron chi connectivity index (χ1n) is 4.77. The zero-order valence-electron chi connectivity index (χ0n) is 9.25. The highest BCUT2D eigenvalue weighted by molar-refractivity contribution is 6.31. The van der Waals surface area contributed by atoms with Gasteiger partial charge in [-0.25, -0.2) is 0 Å². The van der Waals surface area contributed by atoms with E-state index in [0.717, 1.165) is 18.2 Å². The van der Waals surface area contributed by atoms with Crippen molar-refractivity contribution in [2.45, 2.75) is 13.1 Å². The maximum atomic E-state index is 12.7. The largest absolute Gasteiger partial charge is 0.417 e. The van der Waals surface area contributed by atoms with Crippen molar-refractivity contribution in [3.8, 4) is 6.07 Å². The fraction of sp³-hybridized carbons (Fsp3) is 0.273. The molecule has 0 N–H and O–H groups in total. The second-order valence-corrected chi connectivity index (χ2v) is 3.73. The number of benzene rings is 1. The van der Waals surface area contributed by atoms with Crippen LogP contribution in [-0.2, 0) is 11.0 Å². The van der Waals surface area contributed by atoms with Crippen LogP contribution in [0.5, 0.6) is 0 Å². The summed E-state index contributed by atoms with van der Waals surface area (Å²) in [4.78, 5) is 4.52. The molecule has 0 aromatic heterocycles. The molecule has 0 aliphatic heterocycles. The molecule has 0 unspecified atom stereocenters. The molecule has 96 valence electrons. The van der Waals surface area contributed by atoms with E-state index in [1.807, 2.05) is 0 Å². The van der Waals surface area contributed by atoms with Crippen LogP contribution in [0.4, 0.5) is 13.2 Å². The molecule has 0 radical (unpaired) electrons. The Balaban J connectivity index is 3.18. The number of oxime groups is 1. The van der Waals surface area contributed by atoms with Gasteiger partial charge in [-0.1, -0.05) is 16.8 Å². The molecular weight excluding hydrogens is 269 g/mol. The van der Waals surface area contributed by atoms with Crippen molar-refractivity contribution in [1.29, 1.82) is 5.26 Å². The molecule has 0 spiro atoms. The molecule has 7 heteroatoms. The minimum atomic E-state index is -4.51. The molecule has 0 aliphatic carbocycles. The van der Waals surface area contributed by atoms with Crippen LogP contribution in [-0.4, -0.2) is 12.3 Å². The molecule has 0 aliphatic rings. The minimum absolute atomic E-state index is 0.0000694. The molecule has 0 atom stereocenters. The number of nitriles is 1. The molecule has 0 bridgehead atoms. The summed E-state index contributed by atoms with van der Waals surface area (Å²) in [6, 6.07) is 4.83. The Morgan fingerprint density at radius 2 is 2.17 bits per heavy atom. The van der Waals surface area contributed by atoms with E-state index in [1.165, 1.54) is 6.92 Å². The van der Waals surface area contributed by atoms with Crippen LogP contribution < -0.4 is 0 Å². The van der Waals surface area contributed by atoms with Gasteiger partial charge in [0.2, 0.25) is 6.61 Å². The normalized spacial score (nSPS) is 12.1. The van der Waals surface area contributed by atoms with Crippen LogP contribution in [0.1, 0.15) is 18.1 Å². The third kappa shape index (κ3) is 3.64. The molecule has 3 nitrogen and oxygen atoms in total. The van der Waals surface area contributed by atoms with Crippen LogP contribution in [0.25, 0.3) is 0 Å². The van der Waals surface area contributed by atoms with Gasteiger partial charge in [0.1, 0.15) is 6.07 Å². The highest BCUT2D eigenvalue weighted by Gasteiger charge is 2.34. The lowest BCUT2D eigenvalue weighted by molar-refractivity contribution is -0.137. The maximum absolute atomic E-state index is 12.7. The summed E-state index contributed by atoms with van der Waals surface area (Å²) in [7, 11) is 0. The van der Waals surface area contributed by atoms with E-state index in [-0.39, 0.29) is 22.9 Å². The Kier molecular flexibility index (Phi) is 4.56. The van der Waals surface area contributed by atoms with Crippen LogP contribution in [0.3, 0.4) is 0 Å². The Morgan fingerprint density at radius 3 is 2.72 bits per heavy atom. The van der Waals surface area contributed by atoms with E-state index in [9.17, 15) is 13.2 Å². The van der Waals surface area contributed by atoms with Crippen molar-refractivity contribution in [2.24, 2.45) is 5.16 Å². The van der Waals surface area contributed by atoms with E-state index in [0.29, 0.717) is 0 Å². The highest BCUT2D eigenvalue weighted by Crippen LogP contribution is 2.33. The Morgan fingerprint density at radius 1 is 1.50 bits per heavy atom. The number of alkyl halides is 3. The van der Waals surface area contributed by atoms with Crippen molar-refractivity contribution in [1.82, 2.24) is 0 Å². The summed E-state index contributed by atoms with van der Waals surface area (Å²) >= 11 is 5.66. The molecule has 0 saturated heterocycles. The predicted molar refractivity (Wildman–Crippen MR) is 60.2 cm³/mol. The van der Waals surface area contributed by atoms with Crippen molar-refractivity contribution in [3.05, 3.63) is 34.3 Å². The van der Waals surface area contributed by atoms with E-state index in [4.69, 9.17) is 16.9 Å². The zero-order chi connectivity index (χ0) is 13.8. The Labute approximate surface area is 106 Å². The number of rotatable bonds is 3. The van der Waals surface area contributed by atoms with E-state index < -0.39 is 11.7 Å². The van der Waals surface area contributed by atoms with Crippen molar-refractivity contribution in [3.63, 3.8) is 0 Å². The summed E-state index contributed by atoms with van der Waals surface area (Å²) in [5.41, 5.74) is -1.03. The van der Waals surface area contributed by atoms with Gasteiger partial charge < -0.3 is 4.84 Å². The fourth-order valence-electron chi connectivity index (χ4n) is 1.27. The smallest absolute Gasteiger partial charge is 0.380 e. The van der Waals surface area contributed by atoms with Crippen molar-refractivity contribution < 1.29 is 18.0 Å². The topological polar surface area (TPSA) is 45.4 Å². The average Bonchev–Trinajstić information content (AvgIpc) is 2.27. The summed E-state index contributed by atoms with van der Waals surface area (Å²) in [6.07, 6.45) is -4.51. The Hall–Kier alpha value is -1.74. The van der Waals surface area contributed by atoms with Gasteiger partial charge in [-0.3, -0.25) is 0 Å². The lowest BCUT2D eigenvalue weighted by atomic mass is 10.0. The van der Waals surface area contributed by atoms with Crippen LogP contribution in [0, 0.1) is 11.3 Å². The summed E-state index contributed by atoms with van der Waals surface area (Å²) in [6.45, 7) is 1.01. The maximum Gasteiger partial charge on any atom is 0.417 e. The Bertz CT molecular complexity index is 506. The number of halogens is 4. The SMILES string of the molecule is CC(=NOCC#N)c1cc(Cl)ccc1C(F)(F)F. The summed E-state index contributed by atoms with van der Waals surface area (Å²) in [5, 5.41) is 11.8. The third-order valence-electron chi connectivity index (χ3n) is 2.01. The molecule has 0 heterocycles. The molecule has 18 heavy (non-hydrogen) atoms. The number of hydrogen-bond acceptors (Lipinski definition) is 3. The van der Waals surface area contributed by atoms with E-state index in [1.54, 1.807) is 6.07 Å². The molecule has 1 aromatic carbocycles. The summed E-state index contributed by atoms with van der Waals surface area (Å²) < 4.78 is 38.2. The number of hydrogen-bond donors (Lipinski definition) is 0. The van der Waals surface area contributed by atoms with Gasteiger partial charge in [-0.15, -0.1) is 0 Å². The average molecular weight is 277 g/mol. The van der Waals surface area contributed by atoms with Gasteiger partial charge in [0.15, 0.2) is 0 Å². The third-order valence-corrected chi connectivity index (χ3v) is 2.24. The summed E-state index contributed by atoms with van der Waals surface area (Å²) in [5.74, 6) is 0. The van der Waals surface area contributed by atoms with Gasteiger partial charge in [-0.05, 0) is 25.1 Å². The standard InChI is InChI=1S/C11H8ClF3N2O/c1-7(17-18-5-4-16)9-6-8(12)2-3-10(9)11(13,14)15/h2-3,6H,5H2,1H3. The molecule has 0 amide bonds. The molecule has 0 fully saturated rings. The molecule has 1 aromatic rings. The van der Waals surface area contributed by atoms with E-state index in [2.05, 4.69) is 9.99 Å². The van der Waals surface area contributed by atoms with Gasteiger partial charge in [0, 0.05) is 10.6 Å². The van der Waals surface area contributed by atoms with Gasteiger partial charge in [0.05, 0.1) is 11.3 Å². The second kappa shape index (κ2) is 5.74. The predicted octanol–water partition coefficient (Wildman–Crippen LogP) is 3.62. The first kappa shape index (κ1) is 14.3. The second-order valence-electron chi connectivity index (χ2n) is 3.30. The van der Waals surface area contributed by atoms with Crippen LogP contribution in [0.15, 0.2) is 23.4 Å². The van der Waals surface area contributed by atoms with Crippen LogP contribution >= 0.6 is 11.6 Å². The van der Waals surface area contributed by atoms with Crippen molar-refractivity contribution >= 4 is 17.3 Å². The highest BCUT2D eigenvalue weighted by atomic mass is 35.5. The van der Waals surface area contributed by atoms with Crippen LogP contribution in [0.2, 0.25) is 5.02 Å². The molecule has 0 saturated carbocycles. The van der Waals surface area contributed by atoms with Gasteiger partial charge in [-0.2, -0.15) is 18.4 Å². The quantitative estimate of drug-likeness (QED) is 0.481. The molecular formula is C11H8ClF3N2O.